The van der Waals surface area contributed by atoms with Crippen molar-refractivity contribution < 1.29 is 10.2 Å². The van der Waals surface area contributed by atoms with Crippen molar-refractivity contribution in [3.63, 3.8) is 0 Å². The highest BCUT2D eigenvalue weighted by molar-refractivity contribution is 7.99. The van der Waals surface area contributed by atoms with Gasteiger partial charge in [0.1, 0.15) is 0 Å². The highest BCUT2D eigenvalue weighted by Gasteiger charge is 2.19. The van der Waals surface area contributed by atoms with E-state index in [4.69, 9.17) is 5.11 Å². The van der Waals surface area contributed by atoms with Crippen molar-refractivity contribution in [1.82, 2.24) is 5.32 Å². The highest BCUT2D eigenvalue weighted by Crippen LogP contribution is 2.27. The van der Waals surface area contributed by atoms with E-state index in [0.717, 1.165) is 6.54 Å². The van der Waals surface area contributed by atoms with Gasteiger partial charge in [-0.1, -0.05) is 43.7 Å². The van der Waals surface area contributed by atoms with E-state index in [9.17, 15) is 5.11 Å². The molecule has 1 aromatic carbocycles. The molecule has 0 aliphatic heterocycles. The van der Waals surface area contributed by atoms with E-state index in [1.807, 2.05) is 0 Å². The molecule has 0 amide bonds. The topological polar surface area (TPSA) is 52.5 Å². The van der Waals surface area contributed by atoms with Crippen LogP contribution in [0.25, 0.3) is 0 Å². The van der Waals surface area contributed by atoms with Crippen molar-refractivity contribution in [3.05, 3.63) is 35.4 Å². The van der Waals surface area contributed by atoms with Gasteiger partial charge in [-0.15, -0.1) is 0 Å². The molecule has 0 aromatic heterocycles. The average Bonchev–Trinajstić information content (AvgIpc) is 2.43. The largest absolute Gasteiger partial charge is 0.394 e. The molecule has 0 fully saturated rings. The third kappa shape index (κ3) is 5.53. The summed E-state index contributed by atoms with van der Waals surface area (Å²) >= 11 is 1.68. The van der Waals surface area contributed by atoms with E-state index >= 15 is 0 Å². The van der Waals surface area contributed by atoms with Crippen LogP contribution in [0.15, 0.2) is 24.3 Å². The van der Waals surface area contributed by atoms with Gasteiger partial charge in [0.15, 0.2) is 0 Å². The lowest BCUT2D eigenvalue weighted by molar-refractivity contribution is 0.113. The van der Waals surface area contributed by atoms with Crippen molar-refractivity contribution in [2.45, 2.75) is 38.2 Å². The molecule has 0 spiro atoms. The van der Waals surface area contributed by atoms with E-state index in [1.165, 1.54) is 11.1 Å². The molecule has 0 bridgehead atoms. The van der Waals surface area contributed by atoms with Crippen LogP contribution in [0.5, 0.6) is 0 Å². The Balaban J connectivity index is 2.67. The molecule has 1 rings (SSSR count). The third-order valence-electron chi connectivity index (χ3n) is 3.09. The molecule has 108 valence electrons. The summed E-state index contributed by atoms with van der Waals surface area (Å²) in [7, 11) is 0. The van der Waals surface area contributed by atoms with Crippen LogP contribution in [0.2, 0.25) is 0 Å². The second-order valence-corrected chi connectivity index (χ2v) is 6.23. The van der Waals surface area contributed by atoms with Crippen LogP contribution < -0.4 is 5.32 Å². The van der Waals surface area contributed by atoms with Crippen molar-refractivity contribution in [1.29, 1.82) is 0 Å². The van der Waals surface area contributed by atoms with Gasteiger partial charge >= 0.3 is 0 Å². The fraction of sp³-hybridized carbons (Fsp3) is 0.600. The van der Waals surface area contributed by atoms with Gasteiger partial charge < -0.3 is 15.5 Å². The van der Waals surface area contributed by atoms with Crippen LogP contribution in [0, 0.1) is 6.92 Å². The summed E-state index contributed by atoms with van der Waals surface area (Å²) in [6.45, 7) is 7.08. The number of hydrogen-bond acceptors (Lipinski definition) is 4. The third-order valence-corrected chi connectivity index (χ3v) is 4.47. The molecule has 0 saturated heterocycles. The van der Waals surface area contributed by atoms with Crippen LogP contribution in [0.1, 0.15) is 31.0 Å². The van der Waals surface area contributed by atoms with Gasteiger partial charge in [-0.05, 0) is 19.0 Å². The number of aryl methyl sites for hydroxylation is 1. The molecule has 4 heteroatoms. The standard InChI is InChI=1S/C15H25NO2S/c1-4-16-15(12(3)19-10-14(18)9-17)13-7-5-11(2)6-8-13/h5-8,12,14-18H,4,9-10H2,1-3H3. The lowest BCUT2D eigenvalue weighted by Crippen LogP contribution is -2.29. The zero-order chi connectivity index (χ0) is 14.3. The molecule has 19 heavy (non-hydrogen) atoms. The Labute approximate surface area is 120 Å². The Hall–Kier alpha value is -0.550. The Kier molecular flexibility index (Phi) is 7.46. The number of thioether (sulfide) groups is 1. The van der Waals surface area contributed by atoms with Crippen molar-refractivity contribution >= 4 is 11.8 Å². The summed E-state index contributed by atoms with van der Waals surface area (Å²) in [6, 6.07) is 8.82. The lowest BCUT2D eigenvalue weighted by atomic mass is 10.0. The van der Waals surface area contributed by atoms with Crippen LogP contribution >= 0.6 is 11.8 Å². The van der Waals surface area contributed by atoms with Crippen molar-refractivity contribution in [2.75, 3.05) is 18.9 Å². The van der Waals surface area contributed by atoms with Gasteiger partial charge in [-0.3, -0.25) is 0 Å². The molecule has 3 N–H and O–H groups in total. The second kappa shape index (κ2) is 8.59. The second-order valence-electron chi connectivity index (χ2n) is 4.82. The zero-order valence-corrected chi connectivity index (χ0v) is 12.8. The predicted molar refractivity (Wildman–Crippen MR) is 82.6 cm³/mol. The number of nitrogens with one attached hydrogen (secondary N) is 1. The maximum atomic E-state index is 9.43. The van der Waals surface area contributed by atoms with Crippen LogP contribution in [0.3, 0.4) is 0 Å². The molecule has 1 aromatic rings. The molecule has 3 atom stereocenters. The van der Waals surface area contributed by atoms with Gasteiger partial charge in [0.2, 0.25) is 0 Å². The van der Waals surface area contributed by atoms with Gasteiger partial charge in [0.05, 0.1) is 12.7 Å². The molecule has 0 saturated carbocycles. The maximum Gasteiger partial charge on any atom is 0.0861 e. The van der Waals surface area contributed by atoms with Gasteiger partial charge in [0.25, 0.3) is 0 Å². The summed E-state index contributed by atoms with van der Waals surface area (Å²) in [4.78, 5) is 0. The minimum Gasteiger partial charge on any atom is -0.394 e. The van der Waals surface area contributed by atoms with Gasteiger partial charge in [-0.25, -0.2) is 0 Å². The molecule has 0 radical (unpaired) electrons. The summed E-state index contributed by atoms with van der Waals surface area (Å²) in [5.41, 5.74) is 2.53. The average molecular weight is 283 g/mol. The first kappa shape index (κ1) is 16.5. The van der Waals surface area contributed by atoms with E-state index in [0.29, 0.717) is 11.0 Å². The van der Waals surface area contributed by atoms with E-state index in [-0.39, 0.29) is 12.6 Å². The van der Waals surface area contributed by atoms with Gasteiger partial charge in [-0.2, -0.15) is 11.8 Å². The maximum absolute atomic E-state index is 9.43. The summed E-state index contributed by atoms with van der Waals surface area (Å²) < 4.78 is 0. The molecule has 0 heterocycles. The number of aliphatic hydroxyl groups excluding tert-OH is 2. The van der Waals surface area contributed by atoms with Crippen molar-refractivity contribution in [3.8, 4) is 0 Å². The summed E-state index contributed by atoms with van der Waals surface area (Å²) in [5, 5.41) is 22.1. The Morgan fingerprint density at radius 3 is 2.42 bits per heavy atom. The van der Waals surface area contributed by atoms with Gasteiger partial charge in [0, 0.05) is 17.0 Å². The zero-order valence-electron chi connectivity index (χ0n) is 12.0. The first-order valence-corrected chi connectivity index (χ1v) is 7.83. The van der Waals surface area contributed by atoms with Crippen LogP contribution in [-0.4, -0.2) is 40.5 Å². The van der Waals surface area contributed by atoms with E-state index in [2.05, 4.69) is 50.4 Å². The normalized spacial score (nSPS) is 16.1. The fourth-order valence-electron chi connectivity index (χ4n) is 1.96. The molecule has 0 aliphatic rings. The van der Waals surface area contributed by atoms with Crippen LogP contribution in [0.4, 0.5) is 0 Å². The van der Waals surface area contributed by atoms with E-state index < -0.39 is 6.10 Å². The Morgan fingerprint density at radius 2 is 1.89 bits per heavy atom. The highest BCUT2D eigenvalue weighted by atomic mass is 32.2. The smallest absolute Gasteiger partial charge is 0.0861 e. The number of hydrogen-bond donors (Lipinski definition) is 3. The fourth-order valence-corrected chi connectivity index (χ4v) is 3.04. The number of aliphatic hydroxyl groups is 2. The molecular formula is C15H25NO2S. The minimum absolute atomic E-state index is 0.171. The first-order valence-electron chi connectivity index (χ1n) is 6.79. The van der Waals surface area contributed by atoms with Crippen LogP contribution in [-0.2, 0) is 0 Å². The molecule has 3 nitrogen and oxygen atoms in total. The quantitative estimate of drug-likeness (QED) is 0.684. The SMILES string of the molecule is CCNC(c1ccc(C)cc1)C(C)SCC(O)CO. The van der Waals surface area contributed by atoms with Crippen molar-refractivity contribution in [2.24, 2.45) is 0 Å². The Morgan fingerprint density at radius 1 is 1.26 bits per heavy atom. The Bertz CT molecular complexity index is 356. The molecule has 0 aliphatic carbocycles. The lowest BCUT2D eigenvalue weighted by Gasteiger charge is -2.25. The molecular weight excluding hydrogens is 258 g/mol. The molecule has 3 unspecified atom stereocenters. The number of rotatable bonds is 8. The summed E-state index contributed by atoms with van der Waals surface area (Å²) in [5.74, 6) is 0.561. The predicted octanol–water partition coefficient (Wildman–Crippen LogP) is 2.12. The number of benzene rings is 1. The minimum atomic E-state index is -0.632. The monoisotopic (exact) mass is 283 g/mol. The van der Waals surface area contributed by atoms with E-state index in [1.54, 1.807) is 11.8 Å². The first-order chi connectivity index (χ1) is 9.08. The summed E-state index contributed by atoms with van der Waals surface area (Å²) in [6.07, 6.45) is -0.632.